The summed E-state index contributed by atoms with van der Waals surface area (Å²) in [6.45, 7) is 2.83. The van der Waals surface area contributed by atoms with Crippen molar-refractivity contribution >= 4 is 28.4 Å². The van der Waals surface area contributed by atoms with Gasteiger partial charge in [0.25, 0.3) is 5.91 Å². The molecule has 1 aromatic heterocycles. The van der Waals surface area contributed by atoms with Crippen LogP contribution in [0.25, 0.3) is 0 Å². The highest BCUT2D eigenvalue weighted by Crippen LogP contribution is 2.12. The number of hydrogen-bond donors (Lipinski definition) is 2. The Balaban J connectivity index is 2.78. The molecule has 0 spiro atoms. The second-order valence-electron chi connectivity index (χ2n) is 2.79. The molecule has 6 nitrogen and oxygen atoms in total. The van der Waals surface area contributed by atoms with Crippen molar-refractivity contribution in [1.82, 2.24) is 9.59 Å². The van der Waals surface area contributed by atoms with Crippen molar-refractivity contribution < 1.29 is 14.7 Å². The number of nitrogens with one attached hydrogen (secondary N) is 1. The van der Waals surface area contributed by atoms with E-state index in [1.807, 2.05) is 0 Å². The van der Waals surface area contributed by atoms with Gasteiger partial charge in [0, 0.05) is 22.7 Å². The Kier molecular flexibility index (Phi) is 3.51. The Morgan fingerprint density at radius 2 is 2.07 bits per heavy atom. The first-order valence-electron chi connectivity index (χ1n) is 4.02. The van der Waals surface area contributed by atoms with Crippen molar-refractivity contribution in [2.45, 2.75) is 13.8 Å². The molecule has 2 N–H and O–H groups in total. The summed E-state index contributed by atoms with van der Waals surface area (Å²) in [6.07, 6.45) is 1.39. The van der Waals surface area contributed by atoms with E-state index in [-0.39, 0.29) is 11.1 Å². The maximum Gasteiger partial charge on any atom is 0.331 e. The second-order valence-corrected chi connectivity index (χ2v) is 3.58. The minimum atomic E-state index is -1.11. The van der Waals surface area contributed by atoms with Crippen LogP contribution in [0, 0.1) is 0 Å². The van der Waals surface area contributed by atoms with Crippen LogP contribution < -0.4 is 5.32 Å². The van der Waals surface area contributed by atoms with Crippen LogP contribution in [-0.2, 0) is 9.59 Å². The normalized spacial score (nSPS) is 11.9. The summed E-state index contributed by atoms with van der Waals surface area (Å²) >= 11 is 1.03. The summed E-state index contributed by atoms with van der Waals surface area (Å²) in [5.74, 6) is -1.56. The summed E-state index contributed by atoms with van der Waals surface area (Å²) in [5, 5.41) is 15.2. The lowest BCUT2D eigenvalue weighted by Gasteiger charge is -2.03. The smallest absolute Gasteiger partial charge is 0.331 e. The van der Waals surface area contributed by atoms with Gasteiger partial charge in [-0.1, -0.05) is 4.49 Å². The van der Waals surface area contributed by atoms with Gasteiger partial charge in [-0.15, -0.1) is 5.10 Å². The molecule has 15 heavy (non-hydrogen) atoms. The zero-order chi connectivity index (χ0) is 11.4. The van der Waals surface area contributed by atoms with Crippen LogP contribution in [0.15, 0.2) is 17.3 Å². The van der Waals surface area contributed by atoms with Gasteiger partial charge >= 0.3 is 5.97 Å². The molecular formula is C8H9N3O3S. The SMILES string of the molecule is C/C(C(=O)O)=C(\C)C(=O)Nc1cnns1. The number of carbonyl (C=O) groups is 2. The lowest BCUT2D eigenvalue weighted by atomic mass is 10.1. The first-order chi connectivity index (χ1) is 7.02. The summed E-state index contributed by atoms with van der Waals surface area (Å²) in [4.78, 5) is 22.1. The number of carboxylic acids is 1. The van der Waals surface area contributed by atoms with Crippen molar-refractivity contribution in [3.05, 3.63) is 17.3 Å². The van der Waals surface area contributed by atoms with Crippen LogP contribution in [0.4, 0.5) is 5.00 Å². The Bertz CT molecular complexity index is 411. The number of rotatable bonds is 3. The third-order valence-corrected chi connectivity index (χ3v) is 2.40. The maximum atomic E-state index is 11.5. The van der Waals surface area contributed by atoms with E-state index in [1.54, 1.807) is 0 Å². The molecule has 80 valence electrons. The average Bonchev–Trinajstić information content (AvgIpc) is 2.67. The van der Waals surface area contributed by atoms with Gasteiger partial charge < -0.3 is 10.4 Å². The number of amides is 1. The molecule has 0 aliphatic carbocycles. The molecule has 0 aliphatic rings. The monoisotopic (exact) mass is 227 g/mol. The quantitative estimate of drug-likeness (QED) is 0.748. The van der Waals surface area contributed by atoms with Crippen LogP contribution in [0.5, 0.6) is 0 Å². The van der Waals surface area contributed by atoms with E-state index in [2.05, 4.69) is 14.9 Å². The molecule has 7 heteroatoms. The summed E-state index contributed by atoms with van der Waals surface area (Å²) < 4.78 is 3.56. The minimum absolute atomic E-state index is 0.0185. The van der Waals surface area contributed by atoms with Gasteiger partial charge in [0.15, 0.2) is 0 Å². The molecule has 1 aromatic rings. The van der Waals surface area contributed by atoms with Gasteiger partial charge in [-0.05, 0) is 13.8 Å². The summed E-state index contributed by atoms with van der Waals surface area (Å²) in [5.41, 5.74) is 0.181. The number of nitrogens with zero attached hydrogens (tertiary/aromatic N) is 2. The largest absolute Gasteiger partial charge is 0.478 e. The molecule has 0 radical (unpaired) electrons. The molecular weight excluding hydrogens is 218 g/mol. The van der Waals surface area contributed by atoms with Crippen LogP contribution in [0.2, 0.25) is 0 Å². The molecule has 0 saturated heterocycles. The Labute approximate surface area is 89.8 Å². The number of hydrogen-bond acceptors (Lipinski definition) is 5. The molecule has 1 heterocycles. The van der Waals surface area contributed by atoms with Crippen molar-refractivity contribution in [3.8, 4) is 0 Å². The van der Waals surface area contributed by atoms with Gasteiger partial charge in [-0.3, -0.25) is 4.79 Å². The fourth-order valence-electron chi connectivity index (χ4n) is 0.759. The molecule has 0 saturated carbocycles. The molecule has 1 amide bonds. The maximum absolute atomic E-state index is 11.5. The number of aliphatic carboxylic acids is 1. The fourth-order valence-corrected chi connectivity index (χ4v) is 1.17. The predicted molar refractivity (Wildman–Crippen MR) is 54.5 cm³/mol. The highest BCUT2D eigenvalue weighted by atomic mass is 32.1. The van der Waals surface area contributed by atoms with Gasteiger partial charge in [-0.25, -0.2) is 4.79 Å². The third-order valence-electron chi connectivity index (χ3n) is 1.82. The third kappa shape index (κ3) is 2.84. The van der Waals surface area contributed by atoms with Crippen LogP contribution in [0.3, 0.4) is 0 Å². The van der Waals surface area contributed by atoms with Gasteiger partial charge in [0.05, 0.1) is 6.20 Å². The average molecular weight is 227 g/mol. The Morgan fingerprint density at radius 1 is 1.40 bits per heavy atom. The standard InChI is InChI=1S/C8H9N3O3S/c1-4(5(2)8(13)14)7(12)10-6-3-9-11-15-6/h3H,1-2H3,(H,10,12)(H,13,14)/b5-4-. The van der Waals surface area contributed by atoms with E-state index in [4.69, 9.17) is 5.11 Å². The first-order valence-corrected chi connectivity index (χ1v) is 4.79. The van der Waals surface area contributed by atoms with E-state index < -0.39 is 11.9 Å². The van der Waals surface area contributed by atoms with Crippen LogP contribution >= 0.6 is 11.5 Å². The Hall–Kier alpha value is -1.76. The molecule has 0 atom stereocenters. The highest BCUT2D eigenvalue weighted by molar-refractivity contribution is 7.10. The molecule has 0 unspecified atom stereocenters. The topological polar surface area (TPSA) is 92.2 Å². The van der Waals surface area contributed by atoms with Crippen molar-refractivity contribution in [2.24, 2.45) is 0 Å². The summed E-state index contributed by atoms with van der Waals surface area (Å²) in [7, 11) is 0. The second kappa shape index (κ2) is 4.65. The van der Waals surface area contributed by atoms with E-state index >= 15 is 0 Å². The predicted octanol–water partition coefficient (Wildman–Crippen LogP) is 0.898. The van der Waals surface area contributed by atoms with E-state index in [0.717, 1.165) is 11.5 Å². The number of carboxylic acid groups (broad SMARTS) is 1. The zero-order valence-corrected chi connectivity index (χ0v) is 8.96. The molecule has 0 fully saturated rings. The highest BCUT2D eigenvalue weighted by Gasteiger charge is 2.13. The van der Waals surface area contributed by atoms with Crippen molar-refractivity contribution in [3.63, 3.8) is 0 Å². The van der Waals surface area contributed by atoms with E-state index in [1.165, 1.54) is 20.0 Å². The first kappa shape index (κ1) is 11.3. The lowest BCUT2D eigenvalue weighted by Crippen LogP contribution is -2.15. The molecule has 0 bridgehead atoms. The summed E-state index contributed by atoms with van der Waals surface area (Å²) in [6, 6.07) is 0. The van der Waals surface area contributed by atoms with E-state index in [9.17, 15) is 9.59 Å². The van der Waals surface area contributed by atoms with Crippen LogP contribution in [-0.4, -0.2) is 26.6 Å². The molecule has 0 aliphatic heterocycles. The minimum Gasteiger partial charge on any atom is -0.478 e. The zero-order valence-electron chi connectivity index (χ0n) is 8.14. The van der Waals surface area contributed by atoms with Gasteiger partial charge in [0.1, 0.15) is 5.00 Å². The Morgan fingerprint density at radius 3 is 2.53 bits per heavy atom. The van der Waals surface area contributed by atoms with Gasteiger partial charge in [0.2, 0.25) is 0 Å². The van der Waals surface area contributed by atoms with E-state index in [0.29, 0.717) is 5.00 Å². The number of anilines is 1. The van der Waals surface area contributed by atoms with Crippen LogP contribution in [0.1, 0.15) is 13.8 Å². The molecule has 1 rings (SSSR count). The van der Waals surface area contributed by atoms with Crippen molar-refractivity contribution in [1.29, 1.82) is 0 Å². The number of aromatic nitrogens is 2. The molecule has 0 aromatic carbocycles. The fraction of sp³-hybridized carbons (Fsp3) is 0.250. The van der Waals surface area contributed by atoms with Gasteiger partial charge in [-0.2, -0.15) is 0 Å². The van der Waals surface area contributed by atoms with Crippen molar-refractivity contribution in [2.75, 3.05) is 5.32 Å². The lowest BCUT2D eigenvalue weighted by molar-refractivity contribution is -0.133. The number of carbonyl (C=O) groups excluding carboxylic acids is 1.